The number of hydrogen-bond donors (Lipinski definition) is 0. The van der Waals surface area contributed by atoms with Gasteiger partial charge in [0.05, 0.1) is 5.52 Å². The molecular weight excluding hydrogens is 308 g/mol. The molecule has 0 spiro atoms. The van der Waals surface area contributed by atoms with Crippen LogP contribution >= 0.6 is 11.6 Å². The number of rotatable bonds is 2. The van der Waals surface area contributed by atoms with Gasteiger partial charge in [0.25, 0.3) is 0 Å². The maximum absolute atomic E-state index is 6.16. The molecule has 1 fully saturated rings. The maximum atomic E-state index is 6.16. The second-order valence-electron chi connectivity index (χ2n) is 6.02. The first-order chi connectivity index (χ1) is 11.3. The molecule has 2 atom stereocenters. The van der Waals surface area contributed by atoms with E-state index in [0.29, 0.717) is 17.0 Å². The van der Waals surface area contributed by atoms with Crippen molar-refractivity contribution in [2.45, 2.75) is 18.3 Å². The predicted molar refractivity (Wildman–Crippen MR) is 89.8 cm³/mol. The first-order valence-corrected chi connectivity index (χ1v) is 8.02. The first-order valence-electron chi connectivity index (χ1n) is 7.64. The molecule has 0 unspecified atom stereocenters. The Morgan fingerprint density at radius 3 is 2.96 bits per heavy atom. The third kappa shape index (κ3) is 2.10. The number of imidazole rings is 1. The molecule has 1 aliphatic rings. The van der Waals surface area contributed by atoms with E-state index in [9.17, 15) is 0 Å². The van der Waals surface area contributed by atoms with Gasteiger partial charge in [0.1, 0.15) is 5.15 Å². The molecule has 0 bridgehead atoms. The van der Waals surface area contributed by atoms with Crippen molar-refractivity contribution in [3.05, 3.63) is 71.3 Å². The second-order valence-corrected chi connectivity index (χ2v) is 6.41. The van der Waals surface area contributed by atoms with Crippen molar-refractivity contribution >= 4 is 28.2 Å². The van der Waals surface area contributed by atoms with Crippen molar-refractivity contribution in [3.63, 3.8) is 0 Å². The number of aromatic nitrogens is 4. The number of benzene rings is 1. The summed E-state index contributed by atoms with van der Waals surface area (Å²) in [5, 5.41) is 5.96. The van der Waals surface area contributed by atoms with Crippen LogP contribution in [0, 0.1) is 0 Å². The van der Waals surface area contributed by atoms with Gasteiger partial charge in [-0.2, -0.15) is 5.10 Å². The Hall–Kier alpha value is -2.46. The minimum Gasteiger partial charge on any atom is -0.256 e. The summed E-state index contributed by atoms with van der Waals surface area (Å²) in [4.78, 5) is 8.82. The average Bonchev–Trinajstić information content (AvgIpc) is 3.23. The molecule has 5 rings (SSSR count). The highest BCUT2D eigenvalue weighted by atomic mass is 35.5. The molecule has 3 heterocycles. The van der Waals surface area contributed by atoms with E-state index in [1.165, 1.54) is 16.5 Å². The van der Waals surface area contributed by atoms with Gasteiger partial charge < -0.3 is 0 Å². The second kappa shape index (κ2) is 4.77. The number of fused-ring (bicyclic) bond motifs is 2. The summed E-state index contributed by atoms with van der Waals surface area (Å²) in [5.74, 6) is 0.966. The van der Waals surface area contributed by atoms with Crippen LogP contribution < -0.4 is 0 Å². The number of halogens is 1. The van der Waals surface area contributed by atoms with Crippen LogP contribution in [0.1, 0.15) is 29.4 Å². The van der Waals surface area contributed by atoms with Crippen molar-refractivity contribution < 1.29 is 0 Å². The molecule has 23 heavy (non-hydrogen) atoms. The fourth-order valence-electron chi connectivity index (χ4n) is 3.41. The zero-order chi connectivity index (χ0) is 15.4. The topological polar surface area (TPSA) is 43.1 Å². The Balaban J connectivity index is 1.55. The lowest BCUT2D eigenvalue weighted by atomic mass is 10.0. The van der Waals surface area contributed by atoms with E-state index >= 15 is 0 Å². The van der Waals surface area contributed by atoms with E-state index in [-0.39, 0.29) is 0 Å². The Morgan fingerprint density at radius 2 is 2.00 bits per heavy atom. The molecule has 3 aromatic heterocycles. The van der Waals surface area contributed by atoms with Crippen LogP contribution in [0.15, 0.2) is 55.0 Å². The Labute approximate surface area is 137 Å². The fraction of sp³-hybridized carbons (Fsp3) is 0.167. The maximum Gasteiger partial charge on any atom is 0.157 e. The summed E-state index contributed by atoms with van der Waals surface area (Å²) < 4.78 is 1.76. The van der Waals surface area contributed by atoms with Gasteiger partial charge in [-0.1, -0.05) is 23.7 Å². The van der Waals surface area contributed by atoms with Crippen molar-refractivity contribution in [2.75, 3.05) is 0 Å². The molecule has 112 valence electrons. The molecule has 4 nitrogen and oxygen atoms in total. The van der Waals surface area contributed by atoms with Crippen molar-refractivity contribution in [3.8, 4) is 0 Å². The molecular formula is C18H13ClN4. The predicted octanol–water partition coefficient (Wildman–Crippen LogP) is 4.20. The minimum absolute atomic E-state index is 0.453. The van der Waals surface area contributed by atoms with Crippen LogP contribution in [0.3, 0.4) is 0 Å². The van der Waals surface area contributed by atoms with Crippen LogP contribution in [-0.2, 0) is 0 Å². The Bertz CT molecular complexity index is 1040. The minimum atomic E-state index is 0.453. The largest absolute Gasteiger partial charge is 0.256 e. The standard InChI is InChI=1S/C18H13ClN4/c19-17-10-15(18-21-6-7-23(18)22-17)14-9-13(14)11-3-4-16-12(8-11)2-1-5-20-16/h1-8,10,13-14H,9H2/t13-,14+/m1/s1. The van der Waals surface area contributed by atoms with Crippen molar-refractivity contribution in [2.24, 2.45) is 0 Å². The van der Waals surface area contributed by atoms with Crippen molar-refractivity contribution in [1.82, 2.24) is 19.6 Å². The normalized spacial score (nSPS) is 20.2. The monoisotopic (exact) mass is 320 g/mol. The molecule has 5 heteroatoms. The summed E-state index contributed by atoms with van der Waals surface area (Å²) in [6.45, 7) is 0. The number of nitrogens with zero attached hydrogens (tertiary/aromatic N) is 4. The van der Waals surface area contributed by atoms with E-state index in [0.717, 1.165) is 17.6 Å². The van der Waals surface area contributed by atoms with E-state index in [1.54, 1.807) is 10.7 Å². The molecule has 0 amide bonds. The van der Waals surface area contributed by atoms with Gasteiger partial charge in [-0.3, -0.25) is 4.98 Å². The third-order valence-electron chi connectivity index (χ3n) is 4.60. The van der Waals surface area contributed by atoms with Crippen LogP contribution in [0.5, 0.6) is 0 Å². The van der Waals surface area contributed by atoms with Gasteiger partial charge in [0.2, 0.25) is 0 Å². The zero-order valence-corrected chi connectivity index (χ0v) is 13.0. The lowest BCUT2D eigenvalue weighted by Gasteiger charge is -2.05. The molecule has 1 saturated carbocycles. The summed E-state index contributed by atoms with van der Waals surface area (Å²) in [7, 11) is 0. The third-order valence-corrected chi connectivity index (χ3v) is 4.79. The van der Waals surface area contributed by atoms with Gasteiger partial charge in [-0.15, -0.1) is 0 Å². The van der Waals surface area contributed by atoms with Crippen LogP contribution in [0.4, 0.5) is 0 Å². The molecule has 0 radical (unpaired) electrons. The molecule has 0 N–H and O–H groups in total. The quantitative estimate of drug-likeness (QED) is 0.556. The highest BCUT2D eigenvalue weighted by molar-refractivity contribution is 6.29. The molecule has 1 aliphatic carbocycles. The van der Waals surface area contributed by atoms with Crippen molar-refractivity contribution in [1.29, 1.82) is 0 Å². The smallest absolute Gasteiger partial charge is 0.157 e. The van der Waals surface area contributed by atoms with E-state index in [2.05, 4.69) is 39.3 Å². The molecule has 1 aromatic carbocycles. The fourth-order valence-corrected chi connectivity index (χ4v) is 3.61. The first kappa shape index (κ1) is 13.0. The van der Waals surface area contributed by atoms with E-state index < -0.39 is 0 Å². The van der Waals surface area contributed by atoms with Gasteiger partial charge in [-0.25, -0.2) is 9.50 Å². The van der Waals surface area contributed by atoms with E-state index in [4.69, 9.17) is 11.6 Å². The van der Waals surface area contributed by atoms with Crippen LogP contribution in [0.25, 0.3) is 16.6 Å². The van der Waals surface area contributed by atoms with Crippen LogP contribution in [0.2, 0.25) is 5.15 Å². The summed E-state index contributed by atoms with van der Waals surface area (Å²) in [6, 6.07) is 12.6. The van der Waals surface area contributed by atoms with Gasteiger partial charge in [0, 0.05) is 29.5 Å². The SMILES string of the molecule is Clc1cc([C@H]2C[C@@H]2c2ccc3ncccc3c2)c2nccn2n1. The van der Waals surface area contributed by atoms with Crippen LogP contribution in [-0.4, -0.2) is 19.6 Å². The summed E-state index contributed by atoms with van der Waals surface area (Å²) >= 11 is 6.16. The molecule has 4 aromatic rings. The Kier molecular flexibility index (Phi) is 2.70. The highest BCUT2D eigenvalue weighted by Crippen LogP contribution is 2.55. The number of hydrogen-bond acceptors (Lipinski definition) is 3. The zero-order valence-electron chi connectivity index (χ0n) is 12.2. The van der Waals surface area contributed by atoms with Gasteiger partial charge >= 0.3 is 0 Å². The summed E-state index contributed by atoms with van der Waals surface area (Å²) in [5.41, 5.74) is 4.49. The van der Waals surface area contributed by atoms with Gasteiger partial charge in [0.15, 0.2) is 5.65 Å². The number of pyridine rings is 1. The lowest BCUT2D eigenvalue weighted by molar-refractivity contribution is 0.906. The van der Waals surface area contributed by atoms with E-state index in [1.807, 2.05) is 24.5 Å². The highest BCUT2D eigenvalue weighted by Gasteiger charge is 2.41. The lowest BCUT2D eigenvalue weighted by Crippen LogP contribution is -1.96. The molecule has 0 aliphatic heterocycles. The molecule has 0 saturated heterocycles. The average molecular weight is 321 g/mol. The van der Waals surface area contributed by atoms with Gasteiger partial charge in [-0.05, 0) is 48.1 Å². The Morgan fingerprint density at radius 1 is 1.04 bits per heavy atom. The summed E-state index contributed by atoms with van der Waals surface area (Å²) in [6.07, 6.45) is 6.55.